The number of nitrogens with one attached hydrogen (secondary N) is 1. The number of unbranched alkanes of at least 4 members (excludes halogenated alkanes) is 1. The molecule has 2 aromatic heterocycles. The van der Waals surface area contributed by atoms with Gasteiger partial charge in [0, 0.05) is 18.7 Å². The van der Waals surface area contributed by atoms with Gasteiger partial charge in [-0.2, -0.15) is 0 Å². The van der Waals surface area contributed by atoms with Gasteiger partial charge >= 0.3 is 12.1 Å². The molecule has 13 heteroatoms. The molecule has 3 aromatic rings. The fraction of sp³-hybridized carbons (Fsp3) is 0.423. The number of aromatic nitrogens is 3. The molecule has 0 aliphatic rings. The third-order valence-corrected chi connectivity index (χ3v) is 6.00. The van der Waals surface area contributed by atoms with Crippen molar-refractivity contribution in [2.75, 3.05) is 18.6 Å². The Kier molecular flexibility index (Phi) is 9.73. The molecule has 210 valence electrons. The van der Waals surface area contributed by atoms with Crippen LogP contribution >= 0.6 is 11.3 Å². The number of benzene rings is 1. The molecule has 0 saturated carbocycles. The molecule has 0 aliphatic heterocycles. The standard InChI is InChI=1S/C26H30F2N4O6S/c1-6-8-11-37-22-20(24(34)36-7-2)32(31-25(35)38-26(3,4)5)14-17(21(22)33)23-30-29-19(39-23)12-15-9-10-16(27)13-18(15)28/h9-10,13-14H,6-8,11-12H2,1-5H3,(H,31,35). The Bertz CT molecular complexity index is 1400. The zero-order chi connectivity index (χ0) is 28.7. The van der Waals surface area contributed by atoms with Gasteiger partial charge in [0.2, 0.25) is 11.2 Å². The highest BCUT2D eigenvalue weighted by Gasteiger charge is 2.28. The molecule has 1 amide bonds. The van der Waals surface area contributed by atoms with Crippen LogP contribution in [0.2, 0.25) is 0 Å². The second-order valence-electron chi connectivity index (χ2n) is 9.37. The van der Waals surface area contributed by atoms with Crippen LogP contribution in [0.15, 0.2) is 29.2 Å². The van der Waals surface area contributed by atoms with Crippen LogP contribution in [0.5, 0.6) is 5.75 Å². The van der Waals surface area contributed by atoms with Crippen molar-refractivity contribution in [1.29, 1.82) is 0 Å². The summed E-state index contributed by atoms with van der Waals surface area (Å²) < 4.78 is 44.6. The van der Waals surface area contributed by atoms with Gasteiger partial charge in [-0.25, -0.2) is 28.5 Å². The first-order valence-corrected chi connectivity index (χ1v) is 13.1. The van der Waals surface area contributed by atoms with Gasteiger partial charge in [-0.15, -0.1) is 10.2 Å². The normalized spacial score (nSPS) is 11.3. The molecule has 0 radical (unpaired) electrons. The number of rotatable bonds is 10. The fourth-order valence-electron chi connectivity index (χ4n) is 3.34. The Morgan fingerprint density at radius 1 is 1.15 bits per heavy atom. The second kappa shape index (κ2) is 12.8. The lowest BCUT2D eigenvalue weighted by Crippen LogP contribution is -2.35. The summed E-state index contributed by atoms with van der Waals surface area (Å²) in [7, 11) is 0. The average molecular weight is 565 g/mol. The van der Waals surface area contributed by atoms with Crippen LogP contribution in [0.4, 0.5) is 13.6 Å². The van der Waals surface area contributed by atoms with E-state index < -0.39 is 34.7 Å². The van der Waals surface area contributed by atoms with Gasteiger partial charge < -0.3 is 14.2 Å². The van der Waals surface area contributed by atoms with E-state index in [2.05, 4.69) is 15.6 Å². The summed E-state index contributed by atoms with van der Waals surface area (Å²) in [6.45, 7) is 8.67. The van der Waals surface area contributed by atoms with Crippen molar-refractivity contribution in [1.82, 2.24) is 14.9 Å². The van der Waals surface area contributed by atoms with E-state index in [-0.39, 0.29) is 47.2 Å². The molecule has 0 atom stereocenters. The first-order valence-electron chi connectivity index (χ1n) is 12.3. The Labute approximate surface area is 227 Å². The summed E-state index contributed by atoms with van der Waals surface area (Å²) in [6.07, 6.45) is 1.67. The molecule has 3 rings (SSSR count). The van der Waals surface area contributed by atoms with Crippen molar-refractivity contribution in [2.45, 2.75) is 59.5 Å². The summed E-state index contributed by atoms with van der Waals surface area (Å²) in [5.74, 6) is -2.67. The minimum atomic E-state index is -0.896. The summed E-state index contributed by atoms with van der Waals surface area (Å²) in [4.78, 5) is 39.1. The molecule has 0 saturated heterocycles. The van der Waals surface area contributed by atoms with Crippen molar-refractivity contribution >= 4 is 23.4 Å². The van der Waals surface area contributed by atoms with E-state index >= 15 is 0 Å². The van der Waals surface area contributed by atoms with Gasteiger partial charge in [-0.05, 0) is 45.7 Å². The lowest BCUT2D eigenvalue weighted by Gasteiger charge is -2.22. The molecule has 0 bridgehead atoms. The second-order valence-corrected chi connectivity index (χ2v) is 10.4. The molecule has 39 heavy (non-hydrogen) atoms. The molecule has 0 unspecified atom stereocenters. The van der Waals surface area contributed by atoms with Crippen molar-refractivity contribution in [3.05, 3.63) is 62.5 Å². The number of ether oxygens (including phenoxy) is 3. The molecule has 0 spiro atoms. The number of esters is 1. The van der Waals surface area contributed by atoms with Crippen LogP contribution < -0.4 is 15.6 Å². The van der Waals surface area contributed by atoms with Gasteiger partial charge in [0.25, 0.3) is 0 Å². The average Bonchev–Trinajstić information content (AvgIpc) is 3.30. The van der Waals surface area contributed by atoms with Crippen LogP contribution in [0.1, 0.15) is 68.5 Å². The minimum absolute atomic E-state index is 0.00883. The molecule has 1 N–H and O–H groups in total. The molecule has 0 aliphatic carbocycles. The van der Waals surface area contributed by atoms with E-state index in [0.717, 1.165) is 34.6 Å². The third-order valence-electron chi connectivity index (χ3n) is 5.04. The van der Waals surface area contributed by atoms with Gasteiger partial charge in [0.05, 0.1) is 18.8 Å². The fourth-order valence-corrected chi connectivity index (χ4v) is 4.21. The number of hydrogen-bond acceptors (Lipinski definition) is 9. The number of amides is 1. The Morgan fingerprint density at radius 3 is 2.54 bits per heavy atom. The molecule has 10 nitrogen and oxygen atoms in total. The van der Waals surface area contributed by atoms with Crippen LogP contribution in [0.25, 0.3) is 10.6 Å². The smallest absolute Gasteiger partial charge is 0.426 e. The first-order chi connectivity index (χ1) is 18.4. The zero-order valence-electron chi connectivity index (χ0n) is 22.3. The Balaban J connectivity index is 2.11. The monoisotopic (exact) mass is 564 g/mol. The summed E-state index contributed by atoms with van der Waals surface area (Å²) >= 11 is 0.995. The van der Waals surface area contributed by atoms with Gasteiger partial charge in [-0.1, -0.05) is 30.7 Å². The van der Waals surface area contributed by atoms with Gasteiger partial charge in [0.1, 0.15) is 22.2 Å². The van der Waals surface area contributed by atoms with E-state index in [1.54, 1.807) is 27.7 Å². The lowest BCUT2D eigenvalue weighted by atomic mass is 10.1. The highest BCUT2D eigenvalue weighted by atomic mass is 32.1. The largest absolute Gasteiger partial charge is 0.487 e. The van der Waals surface area contributed by atoms with Crippen molar-refractivity contribution in [3.8, 4) is 16.3 Å². The number of carbonyl (C=O) groups is 2. The van der Waals surface area contributed by atoms with Crippen molar-refractivity contribution in [2.24, 2.45) is 0 Å². The first kappa shape index (κ1) is 29.7. The van der Waals surface area contributed by atoms with E-state index in [1.165, 1.54) is 12.3 Å². The van der Waals surface area contributed by atoms with Crippen LogP contribution in [0, 0.1) is 11.6 Å². The third kappa shape index (κ3) is 7.82. The topological polar surface area (TPSA) is 122 Å². The maximum absolute atomic E-state index is 14.2. The summed E-state index contributed by atoms with van der Waals surface area (Å²) in [5, 5.41) is 8.58. The summed E-state index contributed by atoms with van der Waals surface area (Å²) in [5.41, 5.74) is 0.757. The van der Waals surface area contributed by atoms with E-state index in [4.69, 9.17) is 14.2 Å². The summed E-state index contributed by atoms with van der Waals surface area (Å²) in [6, 6.07) is 3.21. The van der Waals surface area contributed by atoms with Crippen LogP contribution in [0.3, 0.4) is 0 Å². The Morgan fingerprint density at radius 2 is 1.90 bits per heavy atom. The van der Waals surface area contributed by atoms with Gasteiger partial charge in [-0.3, -0.25) is 4.79 Å². The quantitative estimate of drug-likeness (QED) is 0.268. The van der Waals surface area contributed by atoms with Crippen molar-refractivity contribution < 1.29 is 32.6 Å². The number of pyridine rings is 1. The number of hydrogen-bond donors (Lipinski definition) is 1. The van der Waals surface area contributed by atoms with Crippen LogP contribution in [-0.2, 0) is 15.9 Å². The van der Waals surface area contributed by atoms with E-state index in [9.17, 15) is 23.2 Å². The molecular formula is C26H30F2N4O6S. The predicted octanol–water partition coefficient (Wildman–Crippen LogP) is 5.07. The SMILES string of the molecule is CCCCOc1c(C(=O)OCC)n(NC(=O)OC(C)(C)C)cc(-c2nnc(Cc3ccc(F)cc3F)s2)c1=O. The zero-order valence-corrected chi connectivity index (χ0v) is 23.1. The van der Waals surface area contributed by atoms with Crippen molar-refractivity contribution in [3.63, 3.8) is 0 Å². The van der Waals surface area contributed by atoms with Crippen LogP contribution in [-0.4, -0.2) is 45.8 Å². The molecular weight excluding hydrogens is 534 g/mol. The lowest BCUT2D eigenvalue weighted by molar-refractivity contribution is 0.0506. The number of nitrogens with zero attached hydrogens (tertiary/aromatic N) is 3. The highest BCUT2D eigenvalue weighted by Crippen LogP contribution is 2.27. The predicted molar refractivity (Wildman–Crippen MR) is 141 cm³/mol. The number of carbonyl (C=O) groups excluding carboxylic acids is 2. The van der Waals surface area contributed by atoms with E-state index in [1.807, 2.05) is 6.92 Å². The molecule has 1 aromatic carbocycles. The Hall–Kier alpha value is -3.87. The molecule has 2 heterocycles. The maximum Gasteiger partial charge on any atom is 0.426 e. The van der Waals surface area contributed by atoms with E-state index in [0.29, 0.717) is 11.4 Å². The minimum Gasteiger partial charge on any atom is -0.487 e. The highest BCUT2D eigenvalue weighted by molar-refractivity contribution is 7.14. The number of halogens is 2. The van der Waals surface area contributed by atoms with Gasteiger partial charge in [0.15, 0.2) is 10.7 Å². The maximum atomic E-state index is 14.2. The molecule has 0 fully saturated rings.